The molecule has 1 atom stereocenters. The molecule has 0 fully saturated rings. The Morgan fingerprint density at radius 3 is 2.45 bits per heavy atom. The number of ether oxygens (including phenoxy) is 1. The number of nitrogens with zero attached hydrogens (tertiary/aromatic N) is 3. The number of aromatic nitrogens is 2. The number of benzene rings is 1. The van der Waals surface area contributed by atoms with Crippen LogP contribution in [0, 0.1) is 13.8 Å². The van der Waals surface area contributed by atoms with Crippen LogP contribution in [-0.2, 0) is 9.53 Å². The SMILES string of the molecule is COC(=O)c1ccc([C@H]2C(C(=O)c3sc(C)nc3C)=C(O)C(=O)N2c2nccs2)cc1. The fourth-order valence-electron chi connectivity index (χ4n) is 3.47. The monoisotopic (exact) mass is 455 g/mol. The van der Waals surface area contributed by atoms with Crippen LogP contribution in [0.15, 0.2) is 47.2 Å². The summed E-state index contributed by atoms with van der Waals surface area (Å²) in [6, 6.07) is 5.44. The van der Waals surface area contributed by atoms with E-state index in [0.29, 0.717) is 31.8 Å². The predicted octanol–water partition coefficient (Wildman–Crippen LogP) is 3.79. The van der Waals surface area contributed by atoms with Crippen molar-refractivity contribution in [1.82, 2.24) is 9.97 Å². The maximum atomic E-state index is 13.4. The Morgan fingerprint density at radius 2 is 1.90 bits per heavy atom. The van der Waals surface area contributed by atoms with Crippen LogP contribution in [0.25, 0.3) is 0 Å². The van der Waals surface area contributed by atoms with E-state index >= 15 is 0 Å². The molecule has 3 heterocycles. The summed E-state index contributed by atoms with van der Waals surface area (Å²) in [6.07, 6.45) is 1.54. The fourth-order valence-corrected chi connectivity index (χ4v) is 5.01. The average Bonchev–Trinajstić information content (AvgIpc) is 3.46. The molecule has 31 heavy (non-hydrogen) atoms. The molecule has 0 radical (unpaired) electrons. The molecule has 8 nitrogen and oxygen atoms in total. The van der Waals surface area contributed by atoms with Crippen LogP contribution < -0.4 is 4.90 Å². The summed E-state index contributed by atoms with van der Waals surface area (Å²) in [4.78, 5) is 48.4. The molecular formula is C21H17N3O5S2. The molecule has 0 bridgehead atoms. The van der Waals surface area contributed by atoms with Crippen LogP contribution in [0.2, 0.25) is 0 Å². The van der Waals surface area contributed by atoms with Crippen molar-refractivity contribution >= 4 is 45.5 Å². The number of aliphatic hydroxyl groups is 1. The second-order valence-corrected chi connectivity index (χ2v) is 8.82. The van der Waals surface area contributed by atoms with Gasteiger partial charge in [-0.15, -0.1) is 22.7 Å². The smallest absolute Gasteiger partial charge is 0.337 e. The molecule has 1 N–H and O–H groups in total. The van der Waals surface area contributed by atoms with Crippen molar-refractivity contribution in [3.05, 3.63) is 73.9 Å². The number of aryl methyl sites for hydroxylation is 2. The van der Waals surface area contributed by atoms with E-state index in [4.69, 9.17) is 4.74 Å². The summed E-state index contributed by atoms with van der Waals surface area (Å²) in [5, 5.41) is 13.5. The second-order valence-electron chi connectivity index (χ2n) is 6.74. The second kappa shape index (κ2) is 8.05. The first-order valence-corrected chi connectivity index (χ1v) is 10.9. The van der Waals surface area contributed by atoms with E-state index in [0.717, 1.165) is 0 Å². The molecule has 158 valence electrons. The molecule has 1 aliphatic heterocycles. The molecule has 0 spiro atoms. The summed E-state index contributed by atoms with van der Waals surface area (Å²) in [6.45, 7) is 3.50. The van der Waals surface area contributed by atoms with Gasteiger partial charge >= 0.3 is 5.97 Å². The summed E-state index contributed by atoms with van der Waals surface area (Å²) in [7, 11) is 1.28. The van der Waals surface area contributed by atoms with Gasteiger partial charge in [0, 0.05) is 11.6 Å². The van der Waals surface area contributed by atoms with Gasteiger partial charge in [-0.2, -0.15) is 0 Å². The van der Waals surface area contributed by atoms with E-state index in [2.05, 4.69) is 9.97 Å². The number of aliphatic hydroxyl groups excluding tert-OH is 1. The van der Waals surface area contributed by atoms with Crippen LogP contribution in [0.1, 0.15) is 42.3 Å². The molecule has 0 aliphatic carbocycles. The van der Waals surface area contributed by atoms with Crippen molar-refractivity contribution < 1.29 is 24.2 Å². The van der Waals surface area contributed by atoms with Crippen LogP contribution in [0.5, 0.6) is 0 Å². The molecule has 10 heteroatoms. The third-order valence-corrected chi connectivity index (χ3v) is 6.68. The van der Waals surface area contributed by atoms with E-state index < -0.39 is 29.5 Å². The molecule has 1 amide bonds. The van der Waals surface area contributed by atoms with Gasteiger partial charge in [0.25, 0.3) is 5.91 Å². The molecule has 2 aromatic heterocycles. The minimum absolute atomic E-state index is 0.0437. The molecule has 0 saturated heterocycles. The predicted molar refractivity (Wildman–Crippen MR) is 116 cm³/mol. The average molecular weight is 456 g/mol. The van der Waals surface area contributed by atoms with Gasteiger partial charge < -0.3 is 9.84 Å². The van der Waals surface area contributed by atoms with E-state index in [1.807, 2.05) is 0 Å². The number of thiazole rings is 2. The third-order valence-electron chi connectivity index (χ3n) is 4.84. The lowest BCUT2D eigenvalue weighted by atomic mass is 9.94. The maximum absolute atomic E-state index is 13.4. The highest BCUT2D eigenvalue weighted by molar-refractivity contribution is 7.14. The summed E-state index contributed by atoms with van der Waals surface area (Å²) in [5.74, 6) is -2.29. The molecule has 3 aromatic rings. The van der Waals surface area contributed by atoms with Gasteiger partial charge in [0.1, 0.15) is 0 Å². The number of ketones is 1. The quantitative estimate of drug-likeness (QED) is 0.460. The molecule has 1 aromatic carbocycles. The first kappa shape index (κ1) is 20.9. The van der Waals surface area contributed by atoms with Gasteiger partial charge in [-0.1, -0.05) is 12.1 Å². The topological polar surface area (TPSA) is 110 Å². The summed E-state index contributed by atoms with van der Waals surface area (Å²) in [5.41, 5.74) is 1.36. The number of anilines is 1. The van der Waals surface area contributed by atoms with Crippen molar-refractivity contribution in [2.75, 3.05) is 12.0 Å². The Morgan fingerprint density at radius 1 is 1.19 bits per heavy atom. The number of rotatable bonds is 5. The third kappa shape index (κ3) is 3.53. The van der Waals surface area contributed by atoms with Crippen LogP contribution in [0.4, 0.5) is 5.13 Å². The Balaban J connectivity index is 1.85. The molecule has 4 rings (SSSR count). The van der Waals surface area contributed by atoms with Gasteiger partial charge in [-0.05, 0) is 31.5 Å². The van der Waals surface area contributed by atoms with Crippen molar-refractivity contribution in [2.45, 2.75) is 19.9 Å². The van der Waals surface area contributed by atoms with E-state index in [9.17, 15) is 19.5 Å². The highest BCUT2D eigenvalue weighted by atomic mass is 32.1. The minimum atomic E-state index is -0.903. The first-order chi connectivity index (χ1) is 14.8. The Labute approximate surface area is 185 Å². The lowest BCUT2D eigenvalue weighted by Gasteiger charge is -2.24. The van der Waals surface area contributed by atoms with Crippen molar-refractivity contribution in [3.63, 3.8) is 0 Å². The lowest BCUT2D eigenvalue weighted by Crippen LogP contribution is -2.31. The number of methoxy groups -OCH3 is 1. The number of carbonyl (C=O) groups is 3. The molecular weight excluding hydrogens is 438 g/mol. The highest BCUT2D eigenvalue weighted by Crippen LogP contribution is 2.43. The van der Waals surface area contributed by atoms with Crippen molar-refractivity contribution in [1.29, 1.82) is 0 Å². The number of amides is 1. The molecule has 0 unspecified atom stereocenters. The number of hydrogen-bond donors (Lipinski definition) is 1. The number of esters is 1. The number of Topliss-reactive ketones (excluding diaryl/α,β-unsaturated/α-hetero) is 1. The zero-order valence-corrected chi connectivity index (χ0v) is 18.4. The van der Waals surface area contributed by atoms with E-state index in [1.54, 1.807) is 43.5 Å². The van der Waals surface area contributed by atoms with Gasteiger partial charge in [-0.25, -0.2) is 14.8 Å². The van der Waals surface area contributed by atoms with Crippen LogP contribution in [-0.4, -0.2) is 39.8 Å². The first-order valence-electron chi connectivity index (χ1n) is 9.16. The molecule has 1 aliphatic rings. The van der Waals surface area contributed by atoms with Gasteiger partial charge in [0.05, 0.1) is 39.9 Å². The zero-order valence-electron chi connectivity index (χ0n) is 16.8. The Kier molecular flexibility index (Phi) is 5.42. The van der Waals surface area contributed by atoms with Gasteiger partial charge in [0.15, 0.2) is 10.9 Å². The molecule has 0 saturated carbocycles. The number of carbonyl (C=O) groups excluding carboxylic acids is 3. The van der Waals surface area contributed by atoms with Crippen LogP contribution in [0.3, 0.4) is 0 Å². The fraction of sp³-hybridized carbons (Fsp3) is 0.190. The van der Waals surface area contributed by atoms with E-state index in [-0.39, 0.29) is 5.57 Å². The summed E-state index contributed by atoms with van der Waals surface area (Å²) >= 11 is 2.42. The Bertz CT molecular complexity index is 1210. The highest BCUT2D eigenvalue weighted by Gasteiger charge is 2.46. The van der Waals surface area contributed by atoms with Crippen molar-refractivity contribution in [2.24, 2.45) is 0 Å². The zero-order chi connectivity index (χ0) is 22.3. The van der Waals surface area contributed by atoms with Crippen molar-refractivity contribution in [3.8, 4) is 0 Å². The van der Waals surface area contributed by atoms with Gasteiger partial charge in [0.2, 0.25) is 5.78 Å². The normalized spacial score (nSPS) is 16.2. The summed E-state index contributed by atoms with van der Waals surface area (Å²) < 4.78 is 4.73. The Hall–Kier alpha value is -3.37. The standard InChI is InChI=1S/C21H17N3O5S2/c1-10-18(31-11(2)23-10)16(25)14-15(12-4-6-13(7-5-12)20(28)29-3)24(19(27)17(14)26)21-22-8-9-30-21/h4-9,15,26H,1-3H3/t15-/m0/s1. The van der Waals surface area contributed by atoms with Crippen LogP contribution >= 0.6 is 22.7 Å². The number of hydrogen-bond acceptors (Lipinski definition) is 9. The maximum Gasteiger partial charge on any atom is 0.337 e. The minimum Gasteiger partial charge on any atom is -0.503 e. The van der Waals surface area contributed by atoms with E-state index in [1.165, 1.54) is 40.9 Å². The van der Waals surface area contributed by atoms with Gasteiger partial charge in [-0.3, -0.25) is 14.5 Å². The lowest BCUT2D eigenvalue weighted by molar-refractivity contribution is -0.117. The largest absolute Gasteiger partial charge is 0.503 e.